The van der Waals surface area contributed by atoms with Crippen molar-refractivity contribution in [3.8, 4) is 0 Å². The number of carbonyl (C=O) groups is 2. The quantitative estimate of drug-likeness (QED) is 0.773. The molecular formula is C12H18N2O3S. The highest BCUT2D eigenvalue weighted by molar-refractivity contribution is 7.14. The lowest BCUT2D eigenvalue weighted by molar-refractivity contribution is -0.116. The standard InChI is InChI=1S/C12H18N2O3S/c1-3-17-12(16)9-4-5-18-11(9)14-10(15)6-8(2)7-13/h4-5,8H,3,6-7,13H2,1-2H3,(H,14,15). The number of amides is 1. The van der Waals surface area contributed by atoms with E-state index in [1.165, 1.54) is 11.3 Å². The van der Waals surface area contributed by atoms with Crippen molar-refractivity contribution < 1.29 is 14.3 Å². The van der Waals surface area contributed by atoms with E-state index >= 15 is 0 Å². The van der Waals surface area contributed by atoms with Gasteiger partial charge in [0.25, 0.3) is 0 Å². The second kappa shape index (κ2) is 7.13. The van der Waals surface area contributed by atoms with Gasteiger partial charge in [-0.1, -0.05) is 6.92 Å². The molecule has 5 nitrogen and oxygen atoms in total. The Morgan fingerprint density at radius 1 is 1.56 bits per heavy atom. The third-order valence-electron chi connectivity index (χ3n) is 2.35. The van der Waals surface area contributed by atoms with Crippen molar-refractivity contribution in [2.45, 2.75) is 20.3 Å². The molecule has 0 saturated heterocycles. The zero-order valence-electron chi connectivity index (χ0n) is 10.6. The minimum Gasteiger partial charge on any atom is -0.462 e. The summed E-state index contributed by atoms with van der Waals surface area (Å²) in [6.45, 7) is 4.42. The normalized spacial score (nSPS) is 11.9. The van der Waals surface area contributed by atoms with Crippen LogP contribution in [0.3, 0.4) is 0 Å². The molecule has 1 atom stereocenters. The SMILES string of the molecule is CCOC(=O)c1ccsc1NC(=O)CC(C)CN. The van der Waals surface area contributed by atoms with Crippen molar-refractivity contribution >= 4 is 28.2 Å². The van der Waals surface area contributed by atoms with Crippen molar-refractivity contribution in [1.82, 2.24) is 0 Å². The molecule has 3 N–H and O–H groups in total. The Hall–Kier alpha value is -1.40. The Kier molecular flexibility index (Phi) is 5.80. The van der Waals surface area contributed by atoms with Crippen LogP contribution in [0.4, 0.5) is 5.00 Å². The Bertz CT molecular complexity index is 417. The van der Waals surface area contributed by atoms with Crippen LogP contribution in [-0.2, 0) is 9.53 Å². The summed E-state index contributed by atoms with van der Waals surface area (Å²) in [7, 11) is 0. The average Bonchev–Trinajstić information content (AvgIpc) is 2.77. The zero-order chi connectivity index (χ0) is 13.5. The van der Waals surface area contributed by atoms with Crippen LogP contribution in [0.1, 0.15) is 30.6 Å². The first-order valence-corrected chi connectivity index (χ1v) is 6.71. The van der Waals surface area contributed by atoms with E-state index in [0.717, 1.165) is 0 Å². The Morgan fingerprint density at radius 2 is 2.28 bits per heavy atom. The predicted molar refractivity (Wildman–Crippen MR) is 71.7 cm³/mol. The lowest BCUT2D eigenvalue weighted by Gasteiger charge is -2.09. The summed E-state index contributed by atoms with van der Waals surface area (Å²) in [4.78, 5) is 23.3. The molecule has 0 spiro atoms. The van der Waals surface area contributed by atoms with E-state index in [2.05, 4.69) is 5.32 Å². The smallest absolute Gasteiger partial charge is 0.341 e. The molecule has 100 valence electrons. The lowest BCUT2D eigenvalue weighted by atomic mass is 10.1. The van der Waals surface area contributed by atoms with Gasteiger partial charge in [0.15, 0.2) is 0 Å². The molecule has 0 aliphatic rings. The molecule has 1 amide bonds. The number of ether oxygens (including phenoxy) is 1. The van der Waals surface area contributed by atoms with E-state index in [1.54, 1.807) is 18.4 Å². The van der Waals surface area contributed by atoms with Crippen LogP contribution >= 0.6 is 11.3 Å². The van der Waals surface area contributed by atoms with Gasteiger partial charge in [-0.2, -0.15) is 0 Å². The summed E-state index contributed by atoms with van der Waals surface area (Å²) in [5, 5.41) is 4.99. The minimum atomic E-state index is -0.416. The first kappa shape index (κ1) is 14.7. The molecule has 0 saturated carbocycles. The van der Waals surface area contributed by atoms with Crippen molar-refractivity contribution in [2.24, 2.45) is 11.7 Å². The van der Waals surface area contributed by atoms with Gasteiger partial charge < -0.3 is 15.8 Å². The molecule has 6 heteroatoms. The van der Waals surface area contributed by atoms with E-state index < -0.39 is 5.97 Å². The summed E-state index contributed by atoms with van der Waals surface area (Å²) in [6.07, 6.45) is 0.344. The topological polar surface area (TPSA) is 81.4 Å². The maximum atomic E-state index is 11.7. The molecule has 1 aromatic rings. The van der Waals surface area contributed by atoms with E-state index in [0.29, 0.717) is 30.1 Å². The fourth-order valence-electron chi connectivity index (χ4n) is 1.35. The molecule has 0 bridgehead atoms. The second-order valence-corrected chi connectivity index (χ2v) is 4.89. The fraction of sp³-hybridized carbons (Fsp3) is 0.500. The van der Waals surface area contributed by atoms with Crippen molar-refractivity contribution in [1.29, 1.82) is 0 Å². The molecule has 1 heterocycles. The number of hydrogen-bond acceptors (Lipinski definition) is 5. The van der Waals surface area contributed by atoms with Gasteiger partial charge in [-0.15, -0.1) is 11.3 Å². The van der Waals surface area contributed by atoms with E-state index in [-0.39, 0.29) is 11.8 Å². The summed E-state index contributed by atoms with van der Waals surface area (Å²) in [6, 6.07) is 1.64. The van der Waals surface area contributed by atoms with Crippen LogP contribution in [0.2, 0.25) is 0 Å². The first-order chi connectivity index (χ1) is 8.58. The minimum absolute atomic E-state index is 0.121. The highest BCUT2D eigenvalue weighted by atomic mass is 32.1. The number of nitrogens with one attached hydrogen (secondary N) is 1. The summed E-state index contributed by atoms with van der Waals surface area (Å²) in [5.41, 5.74) is 5.86. The van der Waals surface area contributed by atoms with Gasteiger partial charge >= 0.3 is 5.97 Å². The van der Waals surface area contributed by atoms with Gasteiger partial charge in [-0.25, -0.2) is 4.79 Å². The highest BCUT2D eigenvalue weighted by Crippen LogP contribution is 2.24. The maximum absolute atomic E-state index is 11.7. The molecule has 0 aliphatic heterocycles. The molecule has 1 unspecified atom stereocenters. The van der Waals surface area contributed by atoms with Gasteiger partial charge in [0.1, 0.15) is 5.00 Å². The van der Waals surface area contributed by atoms with Gasteiger partial charge in [0.2, 0.25) is 5.91 Å². The molecule has 1 aromatic heterocycles. The molecule has 0 radical (unpaired) electrons. The summed E-state index contributed by atoms with van der Waals surface area (Å²) < 4.78 is 4.91. The fourth-order valence-corrected chi connectivity index (χ4v) is 2.14. The molecule has 0 fully saturated rings. The van der Waals surface area contributed by atoms with Crippen LogP contribution in [0, 0.1) is 5.92 Å². The average molecular weight is 270 g/mol. The van der Waals surface area contributed by atoms with Crippen molar-refractivity contribution in [3.05, 3.63) is 17.0 Å². The second-order valence-electron chi connectivity index (χ2n) is 3.98. The monoisotopic (exact) mass is 270 g/mol. The highest BCUT2D eigenvalue weighted by Gasteiger charge is 2.16. The van der Waals surface area contributed by atoms with Crippen LogP contribution in [0.5, 0.6) is 0 Å². The lowest BCUT2D eigenvalue weighted by Crippen LogP contribution is -2.20. The third-order valence-corrected chi connectivity index (χ3v) is 3.18. The number of carbonyl (C=O) groups excluding carboxylic acids is 2. The largest absolute Gasteiger partial charge is 0.462 e. The number of esters is 1. The molecular weight excluding hydrogens is 252 g/mol. The van der Waals surface area contributed by atoms with Gasteiger partial charge in [-0.05, 0) is 30.8 Å². The molecule has 0 aromatic carbocycles. The van der Waals surface area contributed by atoms with E-state index in [4.69, 9.17) is 10.5 Å². The van der Waals surface area contributed by atoms with Crippen LogP contribution in [0.15, 0.2) is 11.4 Å². The summed E-state index contributed by atoms with van der Waals surface area (Å²) in [5.74, 6) is -0.433. The Labute approximate surface area is 110 Å². The molecule has 18 heavy (non-hydrogen) atoms. The summed E-state index contributed by atoms with van der Waals surface area (Å²) >= 11 is 1.30. The van der Waals surface area contributed by atoms with E-state index in [1.807, 2.05) is 6.92 Å². The van der Waals surface area contributed by atoms with Gasteiger partial charge in [0.05, 0.1) is 12.2 Å². The number of anilines is 1. The first-order valence-electron chi connectivity index (χ1n) is 5.83. The van der Waals surface area contributed by atoms with E-state index in [9.17, 15) is 9.59 Å². The zero-order valence-corrected chi connectivity index (χ0v) is 11.4. The van der Waals surface area contributed by atoms with Crippen molar-refractivity contribution in [2.75, 3.05) is 18.5 Å². The van der Waals surface area contributed by atoms with Crippen LogP contribution in [0.25, 0.3) is 0 Å². The number of rotatable bonds is 6. The maximum Gasteiger partial charge on any atom is 0.341 e. The van der Waals surface area contributed by atoms with Gasteiger partial charge in [-0.3, -0.25) is 4.79 Å². The number of nitrogens with two attached hydrogens (primary N) is 1. The van der Waals surface area contributed by atoms with Crippen molar-refractivity contribution in [3.63, 3.8) is 0 Å². The Morgan fingerprint density at radius 3 is 2.89 bits per heavy atom. The van der Waals surface area contributed by atoms with Crippen LogP contribution < -0.4 is 11.1 Å². The van der Waals surface area contributed by atoms with Crippen LogP contribution in [-0.4, -0.2) is 25.0 Å². The van der Waals surface area contributed by atoms with Gasteiger partial charge in [0, 0.05) is 6.42 Å². The number of hydrogen-bond donors (Lipinski definition) is 2. The molecule has 0 aliphatic carbocycles. The third kappa shape index (κ3) is 4.12. The predicted octanol–water partition coefficient (Wildman–Crippen LogP) is 1.85. The number of thiophene rings is 1. The molecule has 1 rings (SSSR count). The Balaban J connectivity index is 2.65.